The maximum Gasteiger partial charge on any atom is 0.158 e. The highest BCUT2D eigenvalue weighted by Gasteiger charge is 2.49. The molecule has 0 saturated heterocycles. The standard InChI is InChI=1S/C18H18O3/c1-18-7-6-11-12(14(18)4-5-17(18)21)3-2-10-8-15(19)16(20)9-13(10)11/h2-3,8-9,14,19-20H,4-7H2,1H3/t14-,18-/m0/s1. The molecule has 4 rings (SSSR count). The number of aromatic hydroxyl groups is 2. The van der Waals surface area contributed by atoms with E-state index in [4.69, 9.17) is 0 Å². The Kier molecular flexibility index (Phi) is 2.42. The average Bonchev–Trinajstić information content (AvgIpc) is 2.76. The van der Waals surface area contributed by atoms with Crippen LogP contribution >= 0.6 is 0 Å². The third-order valence-corrected chi connectivity index (χ3v) is 5.60. The van der Waals surface area contributed by atoms with Crippen LogP contribution in [-0.2, 0) is 11.2 Å². The zero-order valence-electron chi connectivity index (χ0n) is 12.0. The molecule has 0 aliphatic heterocycles. The van der Waals surface area contributed by atoms with Gasteiger partial charge in [0, 0.05) is 11.8 Å². The molecule has 2 aromatic rings. The van der Waals surface area contributed by atoms with Crippen LogP contribution in [0.25, 0.3) is 10.8 Å². The SMILES string of the molecule is C[C@]12CCc3c(ccc4cc(O)c(O)cc34)[C@@H]1CCC2=O. The second kappa shape index (κ2) is 4.00. The molecule has 2 aliphatic carbocycles. The first kappa shape index (κ1) is 12.7. The van der Waals surface area contributed by atoms with E-state index in [1.165, 1.54) is 11.1 Å². The van der Waals surface area contributed by atoms with Crippen molar-refractivity contribution in [3.63, 3.8) is 0 Å². The minimum atomic E-state index is -0.209. The highest BCUT2D eigenvalue weighted by molar-refractivity contribution is 5.93. The average molecular weight is 282 g/mol. The Hall–Kier alpha value is -2.03. The van der Waals surface area contributed by atoms with Crippen molar-refractivity contribution in [2.24, 2.45) is 5.41 Å². The Bertz CT molecular complexity index is 778. The third-order valence-electron chi connectivity index (χ3n) is 5.60. The van der Waals surface area contributed by atoms with Crippen LogP contribution in [0, 0.1) is 5.41 Å². The van der Waals surface area contributed by atoms with Gasteiger partial charge in [-0.1, -0.05) is 19.1 Å². The van der Waals surface area contributed by atoms with Crippen molar-refractivity contribution >= 4 is 16.6 Å². The summed E-state index contributed by atoms with van der Waals surface area (Å²) in [6, 6.07) is 7.36. The summed E-state index contributed by atoms with van der Waals surface area (Å²) in [6.07, 6.45) is 3.34. The lowest BCUT2D eigenvalue weighted by Crippen LogP contribution is -2.32. The molecule has 0 amide bonds. The maximum absolute atomic E-state index is 12.2. The summed E-state index contributed by atoms with van der Waals surface area (Å²) in [6.45, 7) is 2.11. The number of phenolic OH excluding ortho intramolecular Hbond substituents is 2. The molecule has 1 fully saturated rings. The van der Waals surface area contributed by atoms with Gasteiger partial charge in [-0.25, -0.2) is 0 Å². The summed E-state index contributed by atoms with van der Waals surface area (Å²) >= 11 is 0. The summed E-state index contributed by atoms with van der Waals surface area (Å²) in [5, 5.41) is 21.4. The second-order valence-corrected chi connectivity index (χ2v) is 6.63. The minimum Gasteiger partial charge on any atom is -0.504 e. The Labute approximate surface area is 123 Å². The Morgan fingerprint density at radius 2 is 1.90 bits per heavy atom. The molecular weight excluding hydrogens is 264 g/mol. The topological polar surface area (TPSA) is 57.5 Å². The van der Waals surface area contributed by atoms with Crippen LogP contribution in [0.3, 0.4) is 0 Å². The molecule has 0 aromatic heterocycles. The number of Topliss-reactive ketones (excluding diaryl/α,β-unsaturated/α-hetero) is 1. The summed E-state index contributed by atoms with van der Waals surface area (Å²) in [7, 11) is 0. The van der Waals surface area contributed by atoms with E-state index in [1.807, 2.05) is 6.07 Å². The molecular formula is C18H18O3. The molecule has 0 bridgehead atoms. The van der Waals surface area contributed by atoms with Crippen molar-refractivity contribution in [1.82, 2.24) is 0 Å². The zero-order valence-corrected chi connectivity index (χ0v) is 12.0. The molecule has 21 heavy (non-hydrogen) atoms. The fraction of sp³-hybridized carbons (Fsp3) is 0.389. The first-order valence-electron chi connectivity index (χ1n) is 7.51. The van der Waals surface area contributed by atoms with Gasteiger partial charge in [0.05, 0.1) is 0 Å². The van der Waals surface area contributed by atoms with Gasteiger partial charge in [0.2, 0.25) is 0 Å². The van der Waals surface area contributed by atoms with Gasteiger partial charge in [0.25, 0.3) is 0 Å². The maximum atomic E-state index is 12.2. The fourth-order valence-corrected chi connectivity index (χ4v) is 4.30. The van der Waals surface area contributed by atoms with E-state index in [1.54, 1.807) is 12.1 Å². The lowest BCUT2D eigenvalue weighted by Gasteiger charge is -2.37. The second-order valence-electron chi connectivity index (χ2n) is 6.63. The van der Waals surface area contributed by atoms with Crippen molar-refractivity contribution in [3.8, 4) is 11.5 Å². The Morgan fingerprint density at radius 1 is 1.14 bits per heavy atom. The predicted molar refractivity (Wildman–Crippen MR) is 80.7 cm³/mol. The number of ketones is 1. The molecule has 0 heterocycles. The largest absolute Gasteiger partial charge is 0.504 e. The zero-order chi connectivity index (χ0) is 14.8. The predicted octanol–water partition coefficient (Wildman–Crippen LogP) is 3.65. The number of phenols is 2. The highest BCUT2D eigenvalue weighted by Crippen LogP contribution is 2.54. The number of aryl methyl sites for hydroxylation is 1. The van der Waals surface area contributed by atoms with Gasteiger partial charge in [-0.3, -0.25) is 4.79 Å². The van der Waals surface area contributed by atoms with Crippen LogP contribution in [0.15, 0.2) is 24.3 Å². The van der Waals surface area contributed by atoms with E-state index in [-0.39, 0.29) is 16.9 Å². The smallest absolute Gasteiger partial charge is 0.158 e. The minimum absolute atomic E-state index is 0.0771. The molecule has 3 heteroatoms. The van der Waals surface area contributed by atoms with E-state index in [9.17, 15) is 15.0 Å². The number of benzene rings is 2. The lowest BCUT2D eigenvalue weighted by atomic mass is 9.66. The van der Waals surface area contributed by atoms with Gasteiger partial charge in [-0.05, 0) is 59.2 Å². The van der Waals surface area contributed by atoms with Crippen LogP contribution < -0.4 is 0 Å². The first-order valence-corrected chi connectivity index (χ1v) is 7.51. The number of hydrogen-bond donors (Lipinski definition) is 2. The van der Waals surface area contributed by atoms with Crippen LogP contribution in [-0.4, -0.2) is 16.0 Å². The third kappa shape index (κ3) is 1.57. The molecule has 2 atom stereocenters. The van der Waals surface area contributed by atoms with Gasteiger partial charge in [-0.15, -0.1) is 0 Å². The van der Waals surface area contributed by atoms with E-state index < -0.39 is 0 Å². The molecule has 2 N–H and O–H groups in total. The summed E-state index contributed by atoms with van der Waals surface area (Å²) in [5.41, 5.74) is 2.28. The van der Waals surface area contributed by atoms with Crippen LogP contribution in [0.4, 0.5) is 0 Å². The van der Waals surface area contributed by atoms with E-state index >= 15 is 0 Å². The summed E-state index contributed by atoms with van der Waals surface area (Å²) < 4.78 is 0. The lowest BCUT2D eigenvalue weighted by molar-refractivity contribution is -0.126. The molecule has 3 nitrogen and oxygen atoms in total. The Balaban J connectivity index is 1.97. The quantitative estimate of drug-likeness (QED) is 0.725. The number of carbonyl (C=O) groups excluding carboxylic acids is 1. The van der Waals surface area contributed by atoms with Crippen molar-refractivity contribution in [3.05, 3.63) is 35.4 Å². The molecule has 1 saturated carbocycles. The molecule has 0 spiro atoms. The molecule has 108 valence electrons. The number of rotatable bonds is 0. The van der Waals surface area contributed by atoms with Gasteiger partial charge in [-0.2, -0.15) is 0 Å². The molecule has 2 aliphatic rings. The van der Waals surface area contributed by atoms with E-state index in [2.05, 4.69) is 13.0 Å². The first-order chi connectivity index (χ1) is 10.0. The van der Waals surface area contributed by atoms with Crippen LogP contribution in [0.5, 0.6) is 11.5 Å². The summed E-state index contributed by atoms with van der Waals surface area (Å²) in [4.78, 5) is 12.2. The van der Waals surface area contributed by atoms with Crippen LogP contribution in [0.2, 0.25) is 0 Å². The molecule has 2 aromatic carbocycles. The molecule has 0 unspecified atom stereocenters. The number of carbonyl (C=O) groups is 1. The van der Waals surface area contributed by atoms with Gasteiger partial charge in [0.1, 0.15) is 5.78 Å². The normalized spacial score (nSPS) is 27.7. The van der Waals surface area contributed by atoms with Crippen molar-refractivity contribution in [2.75, 3.05) is 0 Å². The van der Waals surface area contributed by atoms with Gasteiger partial charge >= 0.3 is 0 Å². The summed E-state index contributed by atoms with van der Waals surface area (Å²) in [5.74, 6) is 0.534. The van der Waals surface area contributed by atoms with Gasteiger partial charge in [0.15, 0.2) is 11.5 Å². The van der Waals surface area contributed by atoms with E-state index in [0.29, 0.717) is 18.1 Å². The van der Waals surface area contributed by atoms with Crippen molar-refractivity contribution < 1.29 is 15.0 Å². The number of hydrogen-bond acceptors (Lipinski definition) is 3. The van der Waals surface area contributed by atoms with Crippen LogP contribution in [0.1, 0.15) is 43.2 Å². The van der Waals surface area contributed by atoms with Gasteiger partial charge < -0.3 is 10.2 Å². The fourth-order valence-electron chi connectivity index (χ4n) is 4.30. The highest BCUT2D eigenvalue weighted by atomic mass is 16.3. The number of fused-ring (bicyclic) bond motifs is 5. The van der Waals surface area contributed by atoms with E-state index in [0.717, 1.165) is 30.0 Å². The Morgan fingerprint density at radius 3 is 2.71 bits per heavy atom. The van der Waals surface area contributed by atoms with Crippen molar-refractivity contribution in [1.29, 1.82) is 0 Å². The monoisotopic (exact) mass is 282 g/mol. The van der Waals surface area contributed by atoms with Crippen molar-refractivity contribution in [2.45, 2.75) is 38.5 Å². The molecule has 0 radical (unpaired) electrons.